The van der Waals surface area contributed by atoms with E-state index in [0.29, 0.717) is 13.0 Å². The molecule has 0 radical (unpaired) electrons. The van der Waals surface area contributed by atoms with Gasteiger partial charge in [-0.1, -0.05) is 84.9 Å². The van der Waals surface area contributed by atoms with Crippen LogP contribution in [0.1, 0.15) is 17.5 Å². The predicted molar refractivity (Wildman–Crippen MR) is 107 cm³/mol. The second-order valence-corrected chi connectivity index (χ2v) is 6.56. The highest BCUT2D eigenvalue weighted by atomic mass is 14.8. The lowest BCUT2D eigenvalue weighted by Crippen LogP contribution is -2.40. The van der Waals surface area contributed by atoms with Crippen molar-refractivity contribution >= 4 is 21.5 Å². The highest BCUT2D eigenvalue weighted by Gasteiger charge is 2.31. The summed E-state index contributed by atoms with van der Waals surface area (Å²) in [6.45, 7) is 0.531. The molecule has 4 aromatic carbocycles. The molecular formula is C23H22N2. The summed E-state index contributed by atoms with van der Waals surface area (Å²) in [5.74, 6) is 0. The van der Waals surface area contributed by atoms with E-state index >= 15 is 0 Å². The van der Waals surface area contributed by atoms with Crippen LogP contribution in [0.2, 0.25) is 0 Å². The van der Waals surface area contributed by atoms with Gasteiger partial charge >= 0.3 is 0 Å². The lowest BCUT2D eigenvalue weighted by Gasteiger charge is -2.33. The van der Waals surface area contributed by atoms with Gasteiger partial charge in [0.15, 0.2) is 0 Å². The molecule has 25 heavy (non-hydrogen) atoms. The van der Waals surface area contributed by atoms with E-state index < -0.39 is 5.54 Å². The van der Waals surface area contributed by atoms with Crippen molar-refractivity contribution in [3.63, 3.8) is 0 Å². The van der Waals surface area contributed by atoms with Crippen molar-refractivity contribution in [1.82, 2.24) is 0 Å². The predicted octanol–water partition coefficient (Wildman–Crippen LogP) is 4.54. The third-order valence-corrected chi connectivity index (χ3v) is 5.08. The van der Waals surface area contributed by atoms with Gasteiger partial charge in [0.1, 0.15) is 0 Å². The summed E-state index contributed by atoms with van der Waals surface area (Å²) in [6.07, 6.45) is 0.689. The first-order chi connectivity index (χ1) is 12.2. The van der Waals surface area contributed by atoms with E-state index in [2.05, 4.69) is 84.9 Å². The van der Waals surface area contributed by atoms with Gasteiger partial charge < -0.3 is 11.5 Å². The molecule has 2 heteroatoms. The molecule has 4 N–H and O–H groups in total. The van der Waals surface area contributed by atoms with Crippen LogP contribution < -0.4 is 11.5 Å². The van der Waals surface area contributed by atoms with Gasteiger partial charge in [-0.25, -0.2) is 0 Å². The molecule has 0 aliphatic carbocycles. The Bertz CT molecular complexity index is 946. The lowest BCUT2D eigenvalue weighted by atomic mass is 9.77. The third-order valence-electron chi connectivity index (χ3n) is 5.08. The average molecular weight is 326 g/mol. The van der Waals surface area contributed by atoms with Crippen molar-refractivity contribution in [2.24, 2.45) is 11.5 Å². The van der Waals surface area contributed by atoms with Crippen LogP contribution in [0.15, 0.2) is 84.9 Å². The highest BCUT2D eigenvalue weighted by Crippen LogP contribution is 2.38. The molecule has 0 heterocycles. The highest BCUT2D eigenvalue weighted by molar-refractivity contribution is 5.91. The zero-order valence-electron chi connectivity index (χ0n) is 14.2. The molecule has 0 aliphatic heterocycles. The molecule has 0 amide bonds. The zero-order valence-corrected chi connectivity index (χ0v) is 14.2. The fourth-order valence-electron chi connectivity index (χ4n) is 3.87. The molecule has 0 saturated carbocycles. The Labute approximate surface area is 148 Å². The van der Waals surface area contributed by atoms with E-state index in [1.54, 1.807) is 0 Å². The van der Waals surface area contributed by atoms with Gasteiger partial charge in [0, 0.05) is 0 Å². The monoisotopic (exact) mass is 326 g/mol. The first-order valence-corrected chi connectivity index (χ1v) is 8.69. The van der Waals surface area contributed by atoms with Crippen LogP contribution in [0.3, 0.4) is 0 Å². The van der Waals surface area contributed by atoms with Crippen molar-refractivity contribution < 1.29 is 0 Å². The summed E-state index contributed by atoms with van der Waals surface area (Å²) >= 11 is 0. The topological polar surface area (TPSA) is 52.0 Å². The molecule has 124 valence electrons. The van der Waals surface area contributed by atoms with Gasteiger partial charge in [0.25, 0.3) is 0 Å². The van der Waals surface area contributed by atoms with Crippen molar-refractivity contribution in [2.45, 2.75) is 12.0 Å². The van der Waals surface area contributed by atoms with Crippen LogP contribution in [0, 0.1) is 0 Å². The Morgan fingerprint density at radius 1 is 0.600 bits per heavy atom. The van der Waals surface area contributed by atoms with E-state index in [9.17, 15) is 0 Å². The van der Waals surface area contributed by atoms with Gasteiger partial charge in [-0.3, -0.25) is 0 Å². The molecule has 0 saturated heterocycles. The van der Waals surface area contributed by atoms with Gasteiger partial charge in [0.05, 0.1) is 5.54 Å². The Balaban J connectivity index is 2.05. The Hall–Kier alpha value is -2.68. The number of rotatable bonds is 4. The van der Waals surface area contributed by atoms with E-state index in [0.717, 1.165) is 11.1 Å². The van der Waals surface area contributed by atoms with Crippen LogP contribution in [0.25, 0.3) is 21.5 Å². The van der Waals surface area contributed by atoms with Crippen molar-refractivity contribution in [2.75, 3.05) is 6.54 Å². The van der Waals surface area contributed by atoms with Gasteiger partial charge in [-0.2, -0.15) is 0 Å². The Morgan fingerprint density at radius 2 is 1.04 bits per heavy atom. The smallest absolute Gasteiger partial charge is 0.0689 e. The van der Waals surface area contributed by atoms with E-state index in [1.165, 1.54) is 21.5 Å². The minimum atomic E-state index is -0.628. The van der Waals surface area contributed by atoms with Crippen LogP contribution in [-0.4, -0.2) is 6.54 Å². The SMILES string of the molecule is NCCC(N)(c1cccc2ccccc12)c1cccc2ccccc12. The normalized spacial score (nSPS) is 11.9. The molecule has 0 unspecified atom stereocenters. The van der Waals surface area contributed by atoms with Crippen molar-refractivity contribution in [3.05, 3.63) is 96.1 Å². The molecule has 4 rings (SSSR count). The zero-order chi connectivity index (χ0) is 17.3. The van der Waals surface area contributed by atoms with Crippen molar-refractivity contribution in [1.29, 1.82) is 0 Å². The maximum absolute atomic E-state index is 7.10. The molecule has 0 aliphatic rings. The summed E-state index contributed by atoms with van der Waals surface area (Å²) in [7, 11) is 0. The van der Waals surface area contributed by atoms with Crippen LogP contribution in [0.5, 0.6) is 0 Å². The first kappa shape index (κ1) is 15.8. The second kappa shape index (κ2) is 6.32. The number of nitrogens with two attached hydrogens (primary N) is 2. The molecule has 0 aromatic heterocycles. The minimum Gasteiger partial charge on any atom is -0.330 e. The van der Waals surface area contributed by atoms with E-state index in [1.807, 2.05) is 0 Å². The molecule has 0 spiro atoms. The standard InChI is InChI=1S/C23H22N2/c24-16-15-23(25,21-13-5-9-17-7-1-3-11-19(17)21)22-14-6-10-18-8-2-4-12-20(18)22/h1-14H,15-16,24-25H2. The summed E-state index contributed by atoms with van der Waals surface area (Å²) in [6, 6.07) is 29.5. The minimum absolute atomic E-state index is 0.531. The maximum atomic E-state index is 7.10. The lowest BCUT2D eigenvalue weighted by molar-refractivity contribution is 0.508. The average Bonchev–Trinajstić information content (AvgIpc) is 2.67. The third kappa shape index (κ3) is 2.60. The van der Waals surface area contributed by atoms with E-state index in [4.69, 9.17) is 11.5 Å². The van der Waals surface area contributed by atoms with Crippen LogP contribution in [0.4, 0.5) is 0 Å². The fraction of sp³-hybridized carbons (Fsp3) is 0.130. The number of hydrogen-bond acceptors (Lipinski definition) is 2. The van der Waals surface area contributed by atoms with Crippen LogP contribution >= 0.6 is 0 Å². The van der Waals surface area contributed by atoms with Gasteiger partial charge in [0.2, 0.25) is 0 Å². The maximum Gasteiger partial charge on any atom is 0.0689 e. The van der Waals surface area contributed by atoms with Gasteiger partial charge in [-0.05, 0) is 45.6 Å². The number of benzene rings is 4. The fourth-order valence-corrected chi connectivity index (χ4v) is 3.87. The molecule has 4 aromatic rings. The summed E-state index contributed by atoms with van der Waals surface area (Å²) in [4.78, 5) is 0. The molecule has 0 bridgehead atoms. The molecule has 0 fully saturated rings. The second-order valence-electron chi connectivity index (χ2n) is 6.56. The number of fused-ring (bicyclic) bond motifs is 2. The molecule has 0 atom stereocenters. The molecular weight excluding hydrogens is 304 g/mol. The van der Waals surface area contributed by atoms with Crippen molar-refractivity contribution in [3.8, 4) is 0 Å². The summed E-state index contributed by atoms with van der Waals surface area (Å²) in [5.41, 5.74) is 14.7. The summed E-state index contributed by atoms with van der Waals surface area (Å²) in [5, 5.41) is 4.78. The Kier molecular flexibility index (Phi) is 4.00. The quantitative estimate of drug-likeness (QED) is 0.578. The summed E-state index contributed by atoms with van der Waals surface area (Å²) < 4.78 is 0. The van der Waals surface area contributed by atoms with Crippen LogP contribution in [-0.2, 0) is 5.54 Å². The Morgan fingerprint density at radius 3 is 1.52 bits per heavy atom. The first-order valence-electron chi connectivity index (χ1n) is 8.69. The molecule has 2 nitrogen and oxygen atoms in total. The van der Waals surface area contributed by atoms with E-state index in [-0.39, 0.29) is 0 Å². The van der Waals surface area contributed by atoms with Gasteiger partial charge in [-0.15, -0.1) is 0 Å². The largest absolute Gasteiger partial charge is 0.330 e. The number of hydrogen-bond donors (Lipinski definition) is 2.